The summed E-state index contributed by atoms with van der Waals surface area (Å²) in [4.78, 5) is 24.9. The van der Waals surface area contributed by atoms with Crippen LogP contribution in [0.3, 0.4) is 0 Å². The third-order valence-electron chi connectivity index (χ3n) is 7.04. The summed E-state index contributed by atoms with van der Waals surface area (Å²) < 4.78 is 94.4. The number of hydrogen-bond donors (Lipinski definition) is 1. The van der Waals surface area contributed by atoms with Gasteiger partial charge in [-0.2, -0.15) is 13.2 Å². The molecule has 0 unspecified atom stereocenters. The zero-order valence-corrected chi connectivity index (χ0v) is 20.5. The second kappa shape index (κ2) is 11.1. The largest absolute Gasteiger partial charge is 0.490 e. The van der Waals surface area contributed by atoms with Gasteiger partial charge in [-0.3, -0.25) is 9.69 Å². The Morgan fingerprint density at radius 3 is 2.10 bits per heavy atom. The van der Waals surface area contributed by atoms with Gasteiger partial charge in [0.05, 0.1) is 12.1 Å². The maximum atomic E-state index is 14.8. The van der Waals surface area contributed by atoms with E-state index >= 15 is 0 Å². The van der Waals surface area contributed by atoms with Gasteiger partial charge in [0, 0.05) is 42.9 Å². The third-order valence-corrected chi connectivity index (χ3v) is 7.04. The molecule has 2 heterocycles. The highest BCUT2D eigenvalue weighted by atomic mass is 19.4. The van der Waals surface area contributed by atoms with E-state index in [1.54, 1.807) is 0 Å². The molecule has 6 nitrogen and oxygen atoms in total. The Bertz CT molecular complexity index is 1220. The minimum Gasteiger partial charge on any atom is -0.475 e. The molecule has 0 atom stereocenters. The minimum atomic E-state index is -5.08. The second-order valence-corrected chi connectivity index (χ2v) is 9.85. The van der Waals surface area contributed by atoms with Crippen LogP contribution in [0.1, 0.15) is 31.2 Å². The molecule has 1 saturated carbocycles. The van der Waals surface area contributed by atoms with Gasteiger partial charge < -0.3 is 14.7 Å². The summed E-state index contributed by atoms with van der Waals surface area (Å²) in [5, 5.41) is 7.12. The fraction of sp³-hybridized carbons (Fsp3) is 0.462. The van der Waals surface area contributed by atoms with Crippen LogP contribution in [0.5, 0.6) is 0 Å². The molecule has 2 saturated heterocycles. The predicted octanol–water partition coefficient (Wildman–Crippen LogP) is 4.90. The van der Waals surface area contributed by atoms with Gasteiger partial charge in [-0.05, 0) is 55.5 Å². The average Bonchev–Trinajstić information content (AvgIpc) is 3.69. The standard InChI is InChI=1S/C24H24F4N2O2.C2HF3O2/c25-16-1-4-18(22(28)11-16)15-9-20(26)19(21(27)10-15)12-29-7-5-24(6-8-29)14-30(17-2-3-17)23(31)13-32-24;3-2(4,5)1(6)7/h1,4,9-11,17H,2-3,5-8,12-14H2;(H,6,7). The Morgan fingerprint density at radius 2 is 1.59 bits per heavy atom. The molecule has 1 N–H and O–H groups in total. The molecular formula is C26H25F7N2O4. The average molecular weight is 562 g/mol. The SMILES string of the molecule is O=C(O)C(F)(F)F.O=C1COC2(CCN(Cc3c(F)cc(-c4ccc(F)cc4F)cc3F)CC2)CN1C1CC1. The monoisotopic (exact) mass is 562 g/mol. The molecule has 3 aliphatic rings. The lowest BCUT2D eigenvalue weighted by molar-refractivity contribution is -0.192. The van der Waals surface area contributed by atoms with Crippen molar-refractivity contribution in [2.45, 2.75) is 50.0 Å². The molecule has 1 spiro atoms. The van der Waals surface area contributed by atoms with Crippen LogP contribution in [0.2, 0.25) is 0 Å². The summed E-state index contributed by atoms with van der Waals surface area (Å²) in [6, 6.07) is 5.43. The number of benzene rings is 2. The maximum Gasteiger partial charge on any atom is 0.490 e. The van der Waals surface area contributed by atoms with Crippen molar-refractivity contribution in [3.63, 3.8) is 0 Å². The molecular weight excluding hydrogens is 537 g/mol. The lowest BCUT2D eigenvalue weighted by atomic mass is 9.89. The van der Waals surface area contributed by atoms with Crippen molar-refractivity contribution in [2.75, 3.05) is 26.2 Å². The summed E-state index contributed by atoms with van der Waals surface area (Å²) in [5.74, 6) is -5.86. The molecule has 2 aromatic rings. The van der Waals surface area contributed by atoms with Crippen LogP contribution in [-0.4, -0.2) is 70.8 Å². The van der Waals surface area contributed by atoms with Gasteiger partial charge in [0.25, 0.3) is 0 Å². The van der Waals surface area contributed by atoms with Gasteiger partial charge in [0.2, 0.25) is 5.91 Å². The summed E-state index contributed by atoms with van der Waals surface area (Å²) >= 11 is 0. The van der Waals surface area contributed by atoms with Crippen molar-refractivity contribution in [3.05, 3.63) is 59.2 Å². The van der Waals surface area contributed by atoms with Gasteiger partial charge in [-0.1, -0.05) is 0 Å². The predicted molar refractivity (Wildman–Crippen MR) is 123 cm³/mol. The van der Waals surface area contributed by atoms with Gasteiger partial charge in [0.15, 0.2) is 0 Å². The normalized spacial score (nSPS) is 19.6. The van der Waals surface area contributed by atoms with Gasteiger partial charge in [0.1, 0.15) is 29.9 Å². The highest BCUT2D eigenvalue weighted by Gasteiger charge is 2.46. The van der Waals surface area contributed by atoms with E-state index in [1.807, 2.05) is 9.80 Å². The van der Waals surface area contributed by atoms with Crippen LogP contribution in [0, 0.1) is 23.3 Å². The molecule has 2 aromatic carbocycles. The number of carboxylic acid groups (broad SMARTS) is 1. The molecule has 2 aliphatic heterocycles. The molecule has 5 rings (SSSR count). The van der Waals surface area contributed by atoms with E-state index < -0.39 is 35.4 Å². The topological polar surface area (TPSA) is 70.1 Å². The summed E-state index contributed by atoms with van der Waals surface area (Å²) in [7, 11) is 0. The fourth-order valence-corrected chi connectivity index (χ4v) is 4.74. The number of hydrogen-bond acceptors (Lipinski definition) is 4. The second-order valence-electron chi connectivity index (χ2n) is 9.85. The highest BCUT2D eigenvalue weighted by Crippen LogP contribution is 2.37. The number of piperidine rings is 1. The number of alkyl halides is 3. The van der Waals surface area contributed by atoms with Crippen LogP contribution >= 0.6 is 0 Å². The van der Waals surface area contributed by atoms with Gasteiger partial charge >= 0.3 is 12.1 Å². The minimum absolute atomic E-state index is 0.0271. The number of carbonyl (C=O) groups excluding carboxylic acids is 1. The molecule has 1 amide bonds. The number of aliphatic carboxylic acids is 1. The van der Waals surface area contributed by atoms with Crippen molar-refractivity contribution in [2.24, 2.45) is 0 Å². The molecule has 0 radical (unpaired) electrons. The summed E-state index contributed by atoms with van der Waals surface area (Å²) in [6.07, 6.45) is -1.62. The first-order chi connectivity index (χ1) is 18.3. The van der Waals surface area contributed by atoms with E-state index in [9.17, 15) is 35.5 Å². The molecule has 39 heavy (non-hydrogen) atoms. The van der Waals surface area contributed by atoms with Gasteiger partial charge in [-0.25, -0.2) is 22.4 Å². The fourth-order valence-electron chi connectivity index (χ4n) is 4.74. The summed E-state index contributed by atoms with van der Waals surface area (Å²) in [6.45, 7) is 1.97. The number of likely N-dealkylation sites (tertiary alicyclic amines) is 1. The molecule has 212 valence electrons. The maximum absolute atomic E-state index is 14.8. The quantitative estimate of drug-likeness (QED) is 0.537. The number of nitrogens with zero attached hydrogens (tertiary/aromatic N) is 2. The lowest BCUT2D eigenvalue weighted by Gasteiger charge is -2.47. The number of amides is 1. The Hall–Kier alpha value is -3.19. The van der Waals surface area contributed by atoms with E-state index in [4.69, 9.17) is 14.6 Å². The number of rotatable bonds is 4. The van der Waals surface area contributed by atoms with Gasteiger partial charge in [-0.15, -0.1) is 0 Å². The Morgan fingerprint density at radius 1 is 1.00 bits per heavy atom. The number of carbonyl (C=O) groups is 2. The summed E-state index contributed by atoms with van der Waals surface area (Å²) in [5.41, 5.74) is -0.487. The Kier molecular flexibility index (Phi) is 8.22. The van der Waals surface area contributed by atoms with Crippen molar-refractivity contribution in [1.29, 1.82) is 0 Å². The van der Waals surface area contributed by atoms with E-state index in [0.29, 0.717) is 44.6 Å². The Labute approximate surface area is 218 Å². The van der Waals surface area contributed by atoms with E-state index in [-0.39, 0.29) is 41.4 Å². The molecule has 1 aliphatic carbocycles. The first kappa shape index (κ1) is 28.8. The lowest BCUT2D eigenvalue weighted by Crippen LogP contribution is -2.59. The van der Waals surface area contributed by atoms with Crippen LogP contribution in [0.4, 0.5) is 30.7 Å². The Balaban J connectivity index is 0.000000448. The first-order valence-electron chi connectivity index (χ1n) is 12.2. The van der Waals surface area contributed by atoms with Crippen LogP contribution < -0.4 is 0 Å². The third kappa shape index (κ3) is 6.88. The number of carboxylic acids is 1. The molecule has 13 heteroatoms. The van der Waals surface area contributed by atoms with Crippen LogP contribution in [0.25, 0.3) is 11.1 Å². The van der Waals surface area contributed by atoms with E-state index in [2.05, 4.69) is 0 Å². The van der Waals surface area contributed by atoms with E-state index in [1.165, 1.54) is 6.07 Å². The zero-order valence-electron chi connectivity index (χ0n) is 20.5. The smallest absolute Gasteiger partial charge is 0.475 e. The number of ether oxygens (including phenoxy) is 1. The molecule has 0 bridgehead atoms. The highest BCUT2D eigenvalue weighted by molar-refractivity contribution is 5.79. The number of halogens is 7. The van der Waals surface area contributed by atoms with Crippen molar-refractivity contribution in [3.8, 4) is 11.1 Å². The van der Waals surface area contributed by atoms with Crippen molar-refractivity contribution < 1.29 is 50.2 Å². The van der Waals surface area contributed by atoms with E-state index in [0.717, 1.165) is 31.0 Å². The first-order valence-corrected chi connectivity index (χ1v) is 12.2. The van der Waals surface area contributed by atoms with Crippen molar-refractivity contribution in [1.82, 2.24) is 9.80 Å². The molecule has 3 fully saturated rings. The zero-order chi connectivity index (χ0) is 28.5. The van der Waals surface area contributed by atoms with Crippen molar-refractivity contribution >= 4 is 11.9 Å². The number of morpholine rings is 1. The molecule has 0 aromatic heterocycles. The van der Waals surface area contributed by atoms with Crippen LogP contribution in [0.15, 0.2) is 30.3 Å². The van der Waals surface area contributed by atoms with Crippen LogP contribution in [-0.2, 0) is 20.9 Å².